The van der Waals surface area contributed by atoms with E-state index in [9.17, 15) is 22.0 Å². The van der Waals surface area contributed by atoms with Crippen LogP contribution in [0.15, 0.2) is 36.8 Å². The molecule has 3 heterocycles. The number of fused-ring (bicyclic) bond motifs is 3. The highest BCUT2D eigenvalue weighted by Crippen LogP contribution is 2.31. The van der Waals surface area contributed by atoms with Crippen LogP contribution in [0.1, 0.15) is 18.3 Å². The first-order valence-corrected chi connectivity index (χ1v) is 8.68. The van der Waals surface area contributed by atoms with Gasteiger partial charge in [-0.25, -0.2) is 18.6 Å². The maximum Gasteiger partial charge on any atom is 0.419 e. The summed E-state index contributed by atoms with van der Waals surface area (Å²) in [6, 6.07) is 4.70. The van der Waals surface area contributed by atoms with Crippen LogP contribution in [0.4, 0.5) is 27.6 Å². The Morgan fingerprint density at radius 3 is 2.50 bits per heavy atom. The molecule has 0 spiro atoms. The summed E-state index contributed by atoms with van der Waals surface area (Å²) >= 11 is 0. The Bertz CT molecular complexity index is 1290. The van der Waals surface area contributed by atoms with Gasteiger partial charge >= 0.3 is 6.18 Å². The number of hydrogen-bond donors (Lipinski definition) is 0. The SMILES string of the molecule is [C-]#[N+]c1ccc2ncc3nc(Cn4cc(C(F)(F)F)cn4)n(CC(C)(F)F)c3c2c1. The van der Waals surface area contributed by atoms with E-state index in [4.69, 9.17) is 6.57 Å². The van der Waals surface area contributed by atoms with Gasteiger partial charge in [-0.15, -0.1) is 0 Å². The average Bonchev–Trinajstić information content (AvgIpc) is 3.25. The minimum atomic E-state index is -4.56. The van der Waals surface area contributed by atoms with E-state index in [-0.39, 0.29) is 12.4 Å². The van der Waals surface area contributed by atoms with Gasteiger partial charge in [0, 0.05) is 18.5 Å². The lowest BCUT2D eigenvalue weighted by Crippen LogP contribution is -2.22. The Morgan fingerprint density at radius 1 is 1.10 bits per heavy atom. The van der Waals surface area contributed by atoms with Crippen LogP contribution >= 0.6 is 0 Å². The summed E-state index contributed by atoms with van der Waals surface area (Å²) in [6.07, 6.45) is -1.69. The zero-order valence-corrected chi connectivity index (χ0v) is 15.5. The largest absolute Gasteiger partial charge is 0.419 e. The van der Waals surface area contributed by atoms with E-state index >= 15 is 0 Å². The lowest BCUT2D eigenvalue weighted by Gasteiger charge is -2.15. The molecule has 0 aliphatic rings. The van der Waals surface area contributed by atoms with Gasteiger partial charge in [-0.3, -0.25) is 9.67 Å². The minimum absolute atomic E-state index is 0.103. The minimum Gasteiger partial charge on any atom is -0.320 e. The molecule has 0 aliphatic carbocycles. The van der Waals surface area contributed by atoms with Crippen molar-refractivity contribution in [3.63, 3.8) is 0 Å². The molecule has 0 aliphatic heterocycles. The fourth-order valence-corrected chi connectivity index (χ4v) is 3.23. The van der Waals surface area contributed by atoms with Gasteiger partial charge in [0.15, 0.2) is 5.69 Å². The van der Waals surface area contributed by atoms with Crippen molar-refractivity contribution in [2.45, 2.75) is 32.1 Å². The summed E-state index contributed by atoms with van der Waals surface area (Å²) in [7, 11) is 0. The van der Waals surface area contributed by atoms with Gasteiger partial charge in [0.1, 0.15) is 11.3 Å². The molecule has 0 atom stereocenters. The number of nitrogens with zero attached hydrogens (tertiary/aromatic N) is 6. The predicted molar refractivity (Wildman–Crippen MR) is 98.2 cm³/mol. The summed E-state index contributed by atoms with van der Waals surface area (Å²) in [4.78, 5) is 11.9. The van der Waals surface area contributed by atoms with Gasteiger partial charge in [-0.1, -0.05) is 6.07 Å². The van der Waals surface area contributed by atoms with E-state index in [1.54, 1.807) is 12.1 Å². The van der Waals surface area contributed by atoms with Crippen molar-refractivity contribution in [2.75, 3.05) is 0 Å². The second kappa shape index (κ2) is 6.76. The van der Waals surface area contributed by atoms with Gasteiger partial charge in [0.2, 0.25) is 0 Å². The highest BCUT2D eigenvalue weighted by atomic mass is 19.4. The van der Waals surface area contributed by atoms with Gasteiger partial charge in [0.25, 0.3) is 5.92 Å². The van der Waals surface area contributed by atoms with Gasteiger partial charge in [-0.2, -0.15) is 18.3 Å². The molecule has 0 saturated heterocycles. The zero-order valence-electron chi connectivity index (χ0n) is 15.5. The molecule has 0 N–H and O–H groups in total. The summed E-state index contributed by atoms with van der Waals surface area (Å²) in [5.41, 5.74) is 0.480. The summed E-state index contributed by atoms with van der Waals surface area (Å²) in [6.45, 7) is 6.94. The third-order valence-electron chi connectivity index (χ3n) is 4.46. The molecule has 0 saturated carbocycles. The second-order valence-corrected chi connectivity index (χ2v) is 6.91. The lowest BCUT2D eigenvalue weighted by atomic mass is 10.1. The molecule has 6 nitrogen and oxygen atoms in total. The quantitative estimate of drug-likeness (QED) is 0.343. The highest BCUT2D eigenvalue weighted by molar-refractivity contribution is 6.03. The number of alkyl halides is 5. The summed E-state index contributed by atoms with van der Waals surface area (Å²) < 4.78 is 68.7. The van der Waals surface area contributed by atoms with Crippen LogP contribution in [-0.2, 0) is 19.3 Å². The molecular weight excluding hydrogens is 407 g/mol. The second-order valence-electron chi connectivity index (χ2n) is 6.91. The van der Waals surface area contributed by atoms with Crippen molar-refractivity contribution in [1.82, 2.24) is 24.3 Å². The third-order valence-corrected chi connectivity index (χ3v) is 4.46. The number of benzene rings is 1. The lowest BCUT2D eigenvalue weighted by molar-refractivity contribution is -0.137. The van der Waals surface area contributed by atoms with E-state index in [2.05, 4.69) is 19.9 Å². The normalized spacial score (nSPS) is 12.6. The number of imidazole rings is 1. The Balaban J connectivity index is 1.90. The van der Waals surface area contributed by atoms with Gasteiger partial charge in [0.05, 0.1) is 48.7 Å². The van der Waals surface area contributed by atoms with Crippen LogP contribution in [-0.4, -0.2) is 30.2 Å². The number of pyridine rings is 1. The smallest absolute Gasteiger partial charge is 0.320 e. The molecule has 11 heteroatoms. The van der Waals surface area contributed by atoms with E-state index < -0.39 is 24.2 Å². The number of aromatic nitrogens is 5. The number of hydrogen-bond acceptors (Lipinski definition) is 3. The van der Waals surface area contributed by atoms with Crippen molar-refractivity contribution in [1.29, 1.82) is 0 Å². The standard InChI is InChI=1S/C19H13F5N6/c1-18(20,21)10-30-16(9-29-8-11(6-27-29)19(22,23)24)28-15-7-26-14-4-3-12(25-2)5-13(14)17(15)30/h3-8H,9-10H2,1H3. The molecule has 4 aromatic rings. The first-order chi connectivity index (χ1) is 14.0. The average molecular weight is 420 g/mol. The maximum absolute atomic E-state index is 14.0. The van der Waals surface area contributed by atoms with Crippen LogP contribution in [0.5, 0.6) is 0 Å². The Hall–Kier alpha value is -3.55. The molecule has 1 aromatic carbocycles. The fraction of sp³-hybridized carbons (Fsp3) is 0.263. The molecule has 0 amide bonds. The molecule has 4 rings (SSSR count). The first-order valence-electron chi connectivity index (χ1n) is 8.68. The van der Waals surface area contributed by atoms with Crippen molar-refractivity contribution < 1.29 is 22.0 Å². The predicted octanol–water partition coefficient (Wildman–Crippen LogP) is 5.05. The van der Waals surface area contributed by atoms with E-state index in [1.807, 2.05) is 0 Å². The van der Waals surface area contributed by atoms with E-state index in [1.165, 1.54) is 16.8 Å². The zero-order chi connectivity index (χ0) is 21.7. The molecule has 154 valence electrons. The highest BCUT2D eigenvalue weighted by Gasteiger charge is 2.32. The van der Waals surface area contributed by atoms with Crippen LogP contribution in [0.25, 0.3) is 26.8 Å². The topological polar surface area (TPSA) is 52.9 Å². The van der Waals surface area contributed by atoms with E-state index in [0.29, 0.717) is 33.8 Å². The molecule has 0 unspecified atom stereocenters. The van der Waals surface area contributed by atoms with Crippen LogP contribution < -0.4 is 0 Å². The van der Waals surface area contributed by atoms with Gasteiger partial charge < -0.3 is 4.57 Å². The number of rotatable bonds is 4. The molecule has 0 radical (unpaired) electrons. The van der Waals surface area contributed by atoms with Crippen LogP contribution in [0.3, 0.4) is 0 Å². The van der Waals surface area contributed by atoms with Gasteiger partial charge in [-0.05, 0) is 12.1 Å². The van der Waals surface area contributed by atoms with Crippen LogP contribution in [0.2, 0.25) is 0 Å². The molecule has 0 fully saturated rings. The molecule has 30 heavy (non-hydrogen) atoms. The van der Waals surface area contributed by atoms with Crippen molar-refractivity contribution >= 4 is 27.6 Å². The summed E-state index contributed by atoms with van der Waals surface area (Å²) in [5.74, 6) is -3.01. The summed E-state index contributed by atoms with van der Waals surface area (Å²) in [5, 5.41) is 4.13. The monoisotopic (exact) mass is 420 g/mol. The van der Waals surface area contributed by atoms with Crippen molar-refractivity contribution in [3.05, 3.63) is 59.6 Å². The molecule has 0 bridgehead atoms. The third kappa shape index (κ3) is 3.68. The van der Waals surface area contributed by atoms with Crippen molar-refractivity contribution in [3.8, 4) is 0 Å². The first kappa shape index (κ1) is 19.8. The number of halogens is 5. The van der Waals surface area contributed by atoms with Crippen LogP contribution in [0, 0.1) is 6.57 Å². The Labute approximate surface area is 166 Å². The van der Waals surface area contributed by atoms with E-state index in [0.717, 1.165) is 17.8 Å². The van der Waals surface area contributed by atoms with Crippen molar-refractivity contribution in [2.24, 2.45) is 0 Å². The fourth-order valence-electron chi connectivity index (χ4n) is 3.23. The maximum atomic E-state index is 14.0. The molecular formula is C19H13F5N6. The Kier molecular flexibility index (Phi) is 4.45. The Morgan fingerprint density at radius 2 is 1.87 bits per heavy atom. The molecule has 3 aromatic heterocycles.